The zero-order chi connectivity index (χ0) is 13.8. The Hall–Kier alpha value is -0.910. The van der Waals surface area contributed by atoms with E-state index in [0.29, 0.717) is 6.04 Å². The first-order chi connectivity index (χ1) is 9.04. The van der Waals surface area contributed by atoms with Gasteiger partial charge in [0, 0.05) is 45.0 Å². The number of aromatic nitrogens is 2. The van der Waals surface area contributed by atoms with Gasteiger partial charge < -0.3 is 15.5 Å². The summed E-state index contributed by atoms with van der Waals surface area (Å²) in [6, 6.07) is 0.877. The third kappa shape index (κ3) is 4.30. The number of piperazine rings is 1. The molecule has 5 nitrogen and oxygen atoms in total. The highest BCUT2D eigenvalue weighted by molar-refractivity contribution is 5.04. The molecule has 19 heavy (non-hydrogen) atoms. The molecule has 1 aliphatic rings. The summed E-state index contributed by atoms with van der Waals surface area (Å²) in [5.74, 6) is 0. The van der Waals surface area contributed by atoms with Crippen LogP contribution in [0, 0.1) is 0 Å². The highest BCUT2D eigenvalue weighted by atomic mass is 15.3. The van der Waals surface area contributed by atoms with Crippen molar-refractivity contribution in [3.63, 3.8) is 0 Å². The third-order valence-electron chi connectivity index (χ3n) is 4.12. The minimum absolute atomic E-state index is 0.277. The van der Waals surface area contributed by atoms with E-state index in [1.54, 1.807) is 0 Å². The fraction of sp³-hybridized carbons (Fsp3) is 0.786. The lowest BCUT2D eigenvalue weighted by atomic mass is 9.99. The summed E-state index contributed by atoms with van der Waals surface area (Å²) in [4.78, 5) is 4.85. The molecule has 1 fully saturated rings. The summed E-state index contributed by atoms with van der Waals surface area (Å²) in [5, 5.41) is 4.19. The van der Waals surface area contributed by atoms with Crippen molar-refractivity contribution in [3.8, 4) is 0 Å². The van der Waals surface area contributed by atoms with Crippen LogP contribution in [0.4, 0.5) is 0 Å². The highest BCUT2D eigenvalue weighted by Gasteiger charge is 2.23. The quantitative estimate of drug-likeness (QED) is 0.833. The SMILES string of the molecule is CN1CCN(C)C(CC(N)CCc2cnn(C)c2)C1. The molecule has 2 rings (SSSR count). The lowest BCUT2D eigenvalue weighted by molar-refractivity contribution is 0.103. The van der Waals surface area contributed by atoms with E-state index >= 15 is 0 Å². The van der Waals surface area contributed by atoms with E-state index in [2.05, 4.69) is 35.2 Å². The maximum Gasteiger partial charge on any atom is 0.0521 e. The molecule has 0 aliphatic carbocycles. The maximum atomic E-state index is 6.29. The number of nitrogens with two attached hydrogens (primary N) is 1. The number of hydrogen-bond acceptors (Lipinski definition) is 4. The lowest BCUT2D eigenvalue weighted by Crippen LogP contribution is -2.51. The maximum absolute atomic E-state index is 6.29. The lowest BCUT2D eigenvalue weighted by Gasteiger charge is -2.38. The molecule has 0 amide bonds. The molecule has 0 radical (unpaired) electrons. The molecule has 1 aromatic heterocycles. The predicted octanol–water partition coefficient (Wildman–Crippen LogP) is 0.316. The van der Waals surface area contributed by atoms with Crippen LogP contribution < -0.4 is 5.73 Å². The summed E-state index contributed by atoms with van der Waals surface area (Å²) in [6.07, 6.45) is 7.17. The molecule has 0 saturated carbocycles. The Labute approximate surface area is 116 Å². The second-order valence-corrected chi connectivity index (χ2v) is 5.95. The molecule has 2 heterocycles. The van der Waals surface area contributed by atoms with Crippen LogP contribution in [0.25, 0.3) is 0 Å². The summed E-state index contributed by atoms with van der Waals surface area (Å²) in [6.45, 7) is 3.45. The first kappa shape index (κ1) is 14.5. The van der Waals surface area contributed by atoms with E-state index in [1.165, 1.54) is 5.56 Å². The highest BCUT2D eigenvalue weighted by Crippen LogP contribution is 2.13. The standard InChI is InChI=1S/C14H27N5/c1-17-6-7-18(2)14(11-17)8-13(15)5-4-12-9-16-19(3)10-12/h9-10,13-14H,4-8,11,15H2,1-3H3. The van der Waals surface area contributed by atoms with E-state index < -0.39 is 0 Å². The fourth-order valence-corrected chi connectivity index (χ4v) is 2.78. The Kier molecular flexibility index (Phi) is 4.96. The number of hydrogen-bond donors (Lipinski definition) is 1. The second kappa shape index (κ2) is 6.50. The van der Waals surface area contributed by atoms with E-state index in [1.807, 2.05) is 17.9 Å². The first-order valence-corrected chi connectivity index (χ1v) is 7.16. The average Bonchev–Trinajstić information content (AvgIpc) is 2.77. The summed E-state index contributed by atoms with van der Waals surface area (Å²) >= 11 is 0. The average molecular weight is 265 g/mol. The molecule has 1 aliphatic heterocycles. The van der Waals surface area contributed by atoms with Crippen molar-refractivity contribution in [2.24, 2.45) is 12.8 Å². The van der Waals surface area contributed by atoms with Crippen LogP contribution >= 0.6 is 0 Å². The van der Waals surface area contributed by atoms with Gasteiger partial charge in [-0.05, 0) is 38.9 Å². The van der Waals surface area contributed by atoms with Crippen LogP contribution in [0.3, 0.4) is 0 Å². The Morgan fingerprint density at radius 2 is 2.16 bits per heavy atom. The molecule has 0 aromatic carbocycles. The second-order valence-electron chi connectivity index (χ2n) is 5.95. The van der Waals surface area contributed by atoms with Gasteiger partial charge in [-0.25, -0.2) is 0 Å². The van der Waals surface area contributed by atoms with Gasteiger partial charge in [-0.15, -0.1) is 0 Å². The molecule has 2 unspecified atom stereocenters. The van der Waals surface area contributed by atoms with Crippen molar-refractivity contribution >= 4 is 0 Å². The molecular weight excluding hydrogens is 238 g/mol. The van der Waals surface area contributed by atoms with E-state index in [4.69, 9.17) is 5.73 Å². The topological polar surface area (TPSA) is 50.3 Å². The van der Waals surface area contributed by atoms with Gasteiger partial charge in [0.2, 0.25) is 0 Å². The van der Waals surface area contributed by atoms with Crippen molar-refractivity contribution in [2.45, 2.75) is 31.3 Å². The molecular formula is C14H27N5. The van der Waals surface area contributed by atoms with Crippen molar-refractivity contribution < 1.29 is 0 Å². The fourth-order valence-electron chi connectivity index (χ4n) is 2.78. The summed E-state index contributed by atoms with van der Waals surface area (Å²) in [5.41, 5.74) is 7.58. The van der Waals surface area contributed by atoms with Crippen LogP contribution in [0.1, 0.15) is 18.4 Å². The van der Waals surface area contributed by atoms with Gasteiger partial charge >= 0.3 is 0 Å². The summed E-state index contributed by atoms with van der Waals surface area (Å²) < 4.78 is 1.85. The monoisotopic (exact) mass is 265 g/mol. The van der Waals surface area contributed by atoms with Gasteiger partial charge in [-0.2, -0.15) is 5.10 Å². The molecule has 0 spiro atoms. The van der Waals surface area contributed by atoms with Gasteiger partial charge in [-0.3, -0.25) is 4.68 Å². The zero-order valence-corrected chi connectivity index (χ0v) is 12.4. The minimum atomic E-state index is 0.277. The molecule has 0 bridgehead atoms. The third-order valence-corrected chi connectivity index (χ3v) is 4.12. The van der Waals surface area contributed by atoms with Crippen molar-refractivity contribution in [3.05, 3.63) is 18.0 Å². The van der Waals surface area contributed by atoms with Crippen LogP contribution in [0.2, 0.25) is 0 Å². The van der Waals surface area contributed by atoms with Gasteiger partial charge in [0.15, 0.2) is 0 Å². The Bertz CT molecular complexity index is 389. The van der Waals surface area contributed by atoms with Gasteiger partial charge in [0.25, 0.3) is 0 Å². The first-order valence-electron chi connectivity index (χ1n) is 7.16. The minimum Gasteiger partial charge on any atom is -0.328 e. The van der Waals surface area contributed by atoms with Crippen molar-refractivity contribution in [1.29, 1.82) is 0 Å². The number of rotatable bonds is 5. The normalized spacial score (nSPS) is 23.7. The summed E-state index contributed by atoms with van der Waals surface area (Å²) in [7, 11) is 6.36. The number of aryl methyl sites for hydroxylation is 2. The van der Waals surface area contributed by atoms with Crippen molar-refractivity contribution in [2.75, 3.05) is 33.7 Å². The van der Waals surface area contributed by atoms with E-state index in [9.17, 15) is 0 Å². The Balaban J connectivity index is 1.75. The van der Waals surface area contributed by atoms with Gasteiger partial charge in [0.1, 0.15) is 0 Å². The van der Waals surface area contributed by atoms with Crippen LogP contribution in [0.15, 0.2) is 12.4 Å². The predicted molar refractivity (Wildman–Crippen MR) is 78.0 cm³/mol. The Morgan fingerprint density at radius 3 is 2.84 bits per heavy atom. The van der Waals surface area contributed by atoms with Crippen LogP contribution in [-0.2, 0) is 13.5 Å². The molecule has 1 saturated heterocycles. The molecule has 2 N–H and O–H groups in total. The van der Waals surface area contributed by atoms with Crippen molar-refractivity contribution in [1.82, 2.24) is 19.6 Å². The zero-order valence-electron chi connectivity index (χ0n) is 12.4. The van der Waals surface area contributed by atoms with Gasteiger partial charge in [-0.1, -0.05) is 0 Å². The molecule has 2 atom stereocenters. The molecule has 1 aromatic rings. The number of nitrogens with zero attached hydrogens (tertiary/aromatic N) is 4. The Morgan fingerprint density at radius 1 is 1.37 bits per heavy atom. The van der Waals surface area contributed by atoms with Crippen LogP contribution in [-0.4, -0.2) is 65.4 Å². The van der Waals surface area contributed by atoms with Crippen LogP contribution in [0.5, 0.6) is 0 Å². The largest absolute Gasteiger partial charge is 0.328 e. The number of likely N-dealkylation sites (N-methyl/N-ethyl adjacent to an activating group) is 2. The molecule has 5 heteroatoms. The molecule has 108 valence electrons. The van der Waals surface area contributed by atoms with E-state index in [0.717, 1.165) is 38.9 Å². The van der Waals surface area contributed by atoms with E-state index in [-0.39, 0.29) is 6.04 Å². The smallest absolute Gasteiger partial charge is 0.0521 e. The van der Waals surface area contributed by atoms with Gasteiger partial charge in [0.05, 0.1) is 6.20 Å².